The Morgan fingerprint density at radius 1 is 1.12 bits per heavy atom. The van der Waals surface area contributed by atoms with Gasteiger partial charge in [-0.15, -0.1) is 0 Å². The zero-order valence-corrected chi connectivity index (χ0v) is 18.3. The molecule has 162 valence electrons. The van der Waals surface area contributed by atoms with Gasteiger partial charge < -0.3 is 10.1 Å². The monoisotopic (exact) mass is 428 g/mol. The molecule has 0 saturated heterocycles. The van der Waals surface area contributed by atoms with E-state index in [-0.39, 0.29) is 24.8 Å². The first-order chi connectivity index (χ1) is 15.4. The summed E-state index contributed by atoms with van der Waals surface area (Å²) >= 11 is 0. The van der Waals surface area contributed by atoms with Crippen LogP contribution in [0.2, 0.25) is 0 Å². The van der Waals surface area contributed by atoms with Crippen molar-refractivity contribution in [1.82, 2.24) is 4.98 Å². The molecule has 0 atom stereocenters. The molecule has 1 aliphatic rings. The van der Waals surface area contributed by atoms with E-state index in [9.17, 15) is 9.59 Å². The largest absolute Gasteiger partial charge is 0.497 e. The highest BCUT2D eigenvalue weighted by Crippen LogP contribution is 2.31. The molecular formula is C25H24N4O3. The van der Waals surface area contributed by atoms with E-state index in [2.05, 4.69) is 10.3 Å². The van der Waals surface area contributed by atoms with Gasteiger partial charge in [0.05, 0.1) is 19.2 Å². The number of carbonyl (C=O) groups excluding carboxylic acids is 2. The highest BCUT2D eigenvalue weighted by Gasteiger charge is 2.27. The standard InChI is InChI=1S/C25H24N4O3/c1-16-6-11-20(17(2)13-16)28-23(30)15-29-24(31)14-22(18-7-9-19(32-3)10-8-18)27-21-5-4-12-26-25(21)29/h4-13H,14-15H2,1-3H3,(H,28,30). The maximum Gasteiger partial charge on any atom is 0.244 e. The predicted octanol–water partition coefficient (Wildman–Crippen LogP) is 4.20. The molecule has 0 spiro atoms. The Morgan fingerprint density at radius 3 is 2.62 bits per heavy atom. The average Bonchev–Trinajstić information content (AvgIpc) is 2.92. The number of aromatic nitrogens is 1. The predicted molar refractivity (Wildman–Crippen MR) is 125 cm³/mol. The van der Waals surface area contributed by atoms with Gasteiger partial charge in [-0.1, -0.05) is 17.7 Å². The van der Waals surface area contributed by atoms with Crippen molar-refractivity contribution in [2.24, 2.45) is 4.99 Å². The van der Waals surface area contributed by atoms with Crippen LogP contribution in [0.15, 0.2) is 65.8 Å². The van der Waals surface area contributed by atoms with Gasteiger partial charge in [0.1, 0.15) is 18.0 Å². The normalized spacial score (nSPS) is 13.2. The number of hydrogen-bond donors (Lipinski definition) is 1. The highest BCUT2D eigenvalue weighted by atomic mass is 16.5. The molecule has 4 rings (SSSR count). The van der Waals surface area contributed by atoms with E-state index in [4.69, 9.17) is 9.73 Å². The molecule has 0 unspecified atom stereocenters. The summed E-state index contributed by atoms with van der Waals surface area (Å²) in [7, 11) is 1.60. The van der Waals surface area contributed by atoms with E-state index < -0.39 is 0 Å². The zero-order valence-electron chi connectivity index (χ0n) is 18.3. The summed E-state index contributed by atoms with van der Waals surface area (Å²) in [6.45, 7) is 3.78. The summed E-state index contributed by atoms with van der Waals surface area (Å²) in [5, 5.41) is 2.90. The molecule has 1 N–H and O–H groups in total. The van der Waals surface area contributed by atoms with Crippen LogP contribution < -0.4 is 15.0 Å². The summed E-state index contributed by atoms with van der Waals surface area (Å²) in [6, 6.07) is 16.7. The molecule has 2 amide bonds. The van der Waals surface area contributed by atoms with Crippen molar-refractivity contribution in [3.63, 3.8) is 0 Å². The Bertz CT molecular complexity index is 1200. The zero-order chi connectivity index (χ0) is 22.7. The number of benzene rings is 2. The summed E-state index contributed by atoms with van der Waals surface area (Å²) in [6.07, 6.45) is 1.65. The van der Waals surface area contributed by atoms with E-state index in [1.807, 2.05) is 56.3 Å². The summed E-state index contributed by atoms with van der Waals surface area (Å²) in [5.74, 6) is 0.556. The van der Waals surface area contributed by atoms with Crippen LogP contribution in [0, 0.1) is 13.8 Å². The number of aryl methyl sites for hydroxylation is 2. The van der Waals surface area contributed by atoms with E-state index in [0.717, 1.165) is 28.1 Å². The number of aliphatic imine (C=N–C) groups is 1. The van der Waals surface area contributed by atoms with Gasteiger partial charge >= 0.3 is 0 Å². The van der Waals surface area contributed by atoms with E-state index in [0.29, 0.717) is 17.2 Å². The lowest BCUT2D eigenvalue weighted by Gasteiger charge is -2.21. The Morgan fingerprint density at radius 2 is 1.91 bits per heavy atom. The second-order valence-electron chi connectivity index (χ2n) is 7.66. The van der Waals surface area contributed by atoms with Gasteiger partial charge in [-0.25, -0.2) is 9.98 Å². The summed E-state index contributed by atoms with van der Waals surface area (Å²) in [4.78, 5) is 36.5. The summed E-state index contributed by atoms with van der Waals surface area (Å²) < 4.78 is 5.21. The van der Waals surface area contributed by atoms with Crippen molar-refractivity contribution in [3.8, 4) is 5.75 Å². The highest BCUT2D eigenvalue weighted by molar-refractivity contribution is 6.18. The van der Waals surface area contributed by atoms with Crippen LogP contribution in [0.3, 0.4) is 0 Å². The quantitative estimate of drug-likeness (QED) is 0.660. The molecule has 2 aromatic carbocycles. The molecule has 0 fully saturated rings. The van der Waals surface area contributed by atoms with Crippen molar-refractivity contribution in [2.45, 2.75) is 20.3 Å². The van der Waals surface area contributed by atoms with Crippen LogP contribution in [0.4, 0.5) is 17.2 Å². The fourth-order valence-corrected chi connectivity index (χ4v) is 3.63. The number of pyridine rings is 1. The minimum Gasteiger partial charge on any atom is -0.497 e. The van der Waals surface area contributed by atoms with E-state index >= 15 is 0 Å². The number of nitrogens with one attached hydrogen (secondary N) is 1. The number of rotatable bonds is 5. The number of amides is 2. The molecule has 0 aliphatic carbocycles. The third-order valence-electron chi connectivity index (χ3n) is 5.28. The first kappa shape index (κ1) is 21.2. The molecular weight excluding hydrogens is 404 g/mol. The molecule has 1 aromatic heterocycles. The maximum atomic E-state index is 13.2. The van der Waals surface area contributed by atoms with Crippen molar-refractivity contribution in [2.75, 3.05) is 23.9 Å². The number of carbonyl (C=O) groups is 2. The third-order valence-corrected chi connectivity index (χ3v) is 5.28. The lowest BCUT2D eigenvalue weighted by molar-refractivity contribution is -0.120. The van der Waals surface area contributed by atoms with Crippen molar-refractivity contribution >= 4 is 34.7 Å². The molecule has 0 bridgehead atoms. The Hall–Kier alpha value is -4.00. The Balaban J connectivity index is 1.60. The van der Waals surface area contributed by atoms with E-state index in [1.165, 1.54) is 4.90 Å². The minimum atomic E-state index is -0.296. The van der Waals surface area contributed by atoms with Gasteiger partial charge in [0.15, 0.2) is 5.82 Å². The van der Waals surface area contributed by atoms with Crippen LogP contribution >= 0.6 is 0 Å². The van der Waals surface area contributed by atoms with Gasteiger partial charge in [-0.3, -0.25) is 14.5 Å². The van der Waals surface area contributed by atoms with Crippen molar-refractivity contribution < 1.29 is 14.3 Å². The number of fused-ring (bicyclic) bond motifs is 1. The molecule has 3 aromatic rings. The molecule has 7 nitrogen and oxygen atoms in total. The third kappa shape index (κ3) is 4.51. The fourth-order valence-electron chi connectivity index (χ4n) is 3.63. The first-order valence-electron chi connectivity index (χ1n) is 10.3. The smallest absolute Gasteiger partial charge is 0.244 e. The number of ether oxygens (including phenoxy) is 1. The fraction of sp³-hybridized carbons (Fsp3) is 0.200. The first-order valence-corrected chi connectivity index (χ1v) is 10.3. The topological polar surface area (TPSA) is 83.9 Å². The number of hydrogen-bond acceptors (Lipinski definition) is 5. The average molecular weight is 428 g/mol. The summed E-state index contributed by atoms with van der Waals surface area (Å²) in [5.41, 5.74) is 4.77. The lowest BCUT2D eigenvalue weighted by atomic mass is 10.1. The number of nitrogens with zero attached hydrogens (tertiary/aromatic N) is 3. The van der Waals surface area contributed by atoms with Crippen molar-refractivity contribution in [1.29, 1.82) is 0 Å². The van der Waals surface area contributed by atoms with Gasteiger partial charge in [0, 0.05) is 11.9 Å². The Kier molecular flexibility index (Phi) is 5.98. The van der Waals surface area contributed by atoms with Crippen LogP contribution in [0.1, 0.15) is 23.1 Å². The lowest BCUT2D eigenvalue weighted by Crippen LogP contribution is -2.39. The SMILES string of the molecule is COc1ccc(C2=Nc3cccnc3N(CC(=O)Nc3ccc(C)cc3C)C(=O)C2)cc1. The molecule has 2 heterocycles. The molecule has 1 aliphatic heterocycles. The molecule has 7 heteroatoms. The van der Waals surface area contributed by atoms with Crippen LogP contribution in [-0.2, 0) is 9.59 Å². The van der Waals surface area contributed by atoms with Gasteiger partial charge in [0.25, 0.3) is 0 Å². The van der Waals surface area contributed by atoms with Gasteiger partial charge in [0.2, 0.25) is 11.8 Å². The van der Waals surface area contributed by atoms with Crippen LogP contribution in [0.25, 0.3) is 0 Å². The maximum absolute atomic E-state index is 13.2. The minimum absolute atomic E-state index is 0.0551. The number of anilines is 2. The molecule has 0 saturated carbocycles. The van der Waals surface area contributed by atoms with Gasteiger partial charge in [-0.2, -0.15) is 0 Å². The van der Waals surface area contributed by atoms with Crippen molar-refractivity contribution in [3.05, 3.63) is 77.5 Å². The van der Waals surface area contributed by atoms with Crippen LogP contribution in [-0.4, -0.2) is 36.2 Å². The van der Waals surface area contributed by atoms with Gasteiger partial charge in [-0.05, 0) is 67.4 Å². The Labute approximate surface area is 186 Å². The van der Waals surface area contributed by atoms with E-state index in [1.54, 1.807) is 25.4 Å². The second-order valence-corrected chi connectivity index (χ2v) is 7.66. The number of methoxy groups -OCH3 is 1. The molecule has 0 radical (unpaired) electrons. The molecule has 32 heavy (non-hydrogen) atoms. The van der Waals surface area contributed by atoms with Crippen LogP contribution in [0.5, 0.6) is 5.75 Å². The second kappa shape index (κ2) is 9.01.